The van der Waals surface area contributed by atoms with Gasteiger partial charge in [0.05, 0.1) is 11.4 Å². The number of nitrogen functional groups attached to an aromatic ring is 1. The van der Waals surface area contributed by atoms with E-state index in [1.807, 2.05) is 0 Å². The van der Waals surface area contributed by atoms with Crippen LogP contribution in [-0.2, 0) is 13.0 Å². The van der Waals surface area contributed by atoms with Gasteiger partial charge in [-0.3, -0.25) is 4.98 Å². The number of rotatable bonds is 1. The molecular formula is C9H11N3O2. The number of aromatic carboxylic acids is 1. The topological polar surface area (TPSA) is 88.2 Å². The molecule has 0 amide bonds. The molecule has 0 spiro atoms. The van der Waals surface area contributed by atoms with Crippen LogP contribution in [0.4, 0.5) is 5.69 Å². The summed E-state index contributed by atoms with van der Waals surface area (Å²) in [7, 11) is 0. The lowest BCUT2D eigenvalue weighted by molar-refractivity contribution is 0.0697. The number of carboxylic acid groups (broad SMARTS) is 1. The fraction of sp³-hybridized carbons (Fsp3) is 0.333. The average molecular weight is 193 g/mol. The van der Waals surface area contributed by atoms with E-state index in [0.29, 0.717) is 12.2 Å². The summed E-state index contributed by atoms with van der Waals surface area (Å²) in [5.74, 6) is -1.02. The van der Waals surface area contributed by atoms with Crippen molar-refractivity contribution in [1.29, 1.82) is 0 Å². The molecule has 1 aromatic heterocycles. The lowest BCUT2D eigenvalue weighted by Crippen LogP contribution is -2.26. The zero-order valence-electron chi connectivity index (χ0n) is 7.58. The zero-order chi connectivity index (χ0) is 10.1. The number of hydrogen-bond acceptors (Lipinski definition) is 4. The molecule has 2 heterocycles. The van der Waals surface area contributed by atoms with Crippen molar-refractivity contribution in [3.8, 4) is 0 Å². The van der Waals surface area contributed by atoms with Crippen LogP contribution in [0.25, 0.3) is 0 Å². The highest BCUT2D eigenvalue weighted by atomic mass is 16.4. The second kappa shape index (κ2) is 3.26. The molecule has 1 aromatic rings. The first-order valence-corrected chi connectivity index (χ1v) is 4.40. The van der Waals surface area contributed by atoms with E-state index in [0.717, 1.165) is 24.2 Å². The maximum absolute atomic E-state index is 10.8. The summed E-state index contributed by atoms with van der Waals surface area (Å²) < 4.78 is 0. The summed E-state index contributed by atoms with van der Waals surface area (Å²) in [6, 6.07) is 0. The monoisotopic (exact) mass is 193 g/mol. The highest BCUT2D eigenvalue weighted by Gasteiger charge is 2.18. The standard InChI is InChI=1S/C9H11N3O2/c10-8-5-1-2-11-4-7(5)12-3-6(8)9(13)14/h3,11H,1-2,4H2,(H2,10,12)(H,13,14). The molecule has 1 aliphatic heterocycles. The van der Waals surface area contributed by atoms with Crippen LogP contribution in [-0.4, -0.2) is 22.6 Å². The molecular weight excluding hydrogens is 182 g/mol. The Morgan fingerprint density at radius 1 is 1.64 bits per heavy atom. The van der Waals surface area contributed by atoms with Crippen molar-refractivity contribution in [3.05, 3.63) is 23.0 Å². The molecule has 0 saturated carbocycles. The van der Waals surface area contributed by atoms with Crippen molar-refractivity contribution >= 4 is 11.7 Å². The molecule has 14 heavy (non-hydrogen) atoms. The molecule has 1 aliphatic rings. The van der Waals surface area contributed by atoms with E-state index in [4.69, 9.17) is 10.8 Å². The minimum absolute atomic E-state index is 0.102. The number of anilines is 1. The number of aromatic nitrogens is 1. The van der Waals surface area contributed by atoms with E-state index in [2.05, 4.69) is 10.3 Å². The molecule has 0 radical (unpaired) electrons. The van der Waals surface area contributed by atoms with Gasteiger partial charge in [0.2, 0.25) is 0 Å². The molecule has 0 aromatic carbocycles. The van der Waals surface area contributed by atoms with Crippen LogP contribution >= 0.6 is 0 Å². The third-order valence-electron chi connectivity index (χ3n) is 2.39. The Morgan fingerprint density at radius 3 is 3.14 bits per heavy atom. The van der Waals surface area contributed by atoms with Gasteiger partial charge in [0, 0.05) is 18.3 Å². The molecule has 0 fully saturated rings. The van der Waals surface area contributed by atoms with E-state index in [9.17, 15) is 4.79 Å². The van der Waals surface area contributed by atoms with Crippen LogP contribution in [0.2, 0.25) is 0 Å². The summed E-state index contributed by atoms with van der Waals surface area (Å²) in [5.41, 5.74) is 7.96. The van der Waals surface area contributed by atoms with E-state index in [-0.39, 0.29) is 5.56 Å². The molecule has 74 valence electrons. The minimum Gasteiger partial charge on any atom is -0.478 e. The normalized spacial score (nSPS) is 14.9. The van der Waals surface area contributed by atoms with Gasteiger partial charge >= 0.3 is 5.97 Å². The Bertz CT molecular complexity index is 390. The first-order valence-electron chi connectivity index (χ1n) is 4.40. The van der Waals surface area contributed by atoms with Crippen molar-refractivity contribution in [3.63, 3.8) is 0 Å². The van der Waals surface area contributed by atoms with Gasteiger partial charge in [-0.1, -0.05) is 0 Å². The van der Waals surface area contributed by atoms with Crippen LogP contribution in [0.15, 0.2) is 6.20 Å². The number of nitrogens with zero attached hydrogens (tertiary/aromatic N) is 1. The average Bonchev–Trinajstić information content (AvgIpc) is 2.18. The Hall–Kier alpha value is -1.62. The minimum atomic E-state index is -1.02. The lowest BCUT2D eigenvalue weighted by atomic mass is 10.0. The number of hydrogen-bond donors (Lipinski definition) is 3. The van der Waals surface area contributed by atoms with Crippen molar-refractivity contribution in [1.82, 2.24) is 10.3 Å². The molecule has 5 heteroatoms. The van der Waals surface area contributed by atoms with Gasteiger partial charge in [0.15, 0.2) is 0 Å². The van der Waals surface area contributed by atoms with Gasteiger partial charge in [-0.05, 0) is 13.0 Å². The summed E-state index contributed by atoms with van der Waals surface area (Å²) in [6.07, 6.45) is 2.07. The Balaban J connectivity index is 2.54. The summed E-state index contributed by atoms with van der Waals surface area (Å²) in [5, 5.41) is 12.0. The number of pyridine rings is 1. The molecule has 5 nitrogen and oxygen atoms in total. The van der Waals surface area contributed by atoms with Gasteiger partial charge in [-0.25, -0.2) is 4.79 Å². The van der Waals surface area contributed by atoms with Crippen molar-refractivity contribution in [2.24, 2.45) is 0 Å². The number of nitrogens with one attached hydrogen (secondary N) is 1. The maximum Gasteiger partial charge on any atom is 0.339 e. The molecule has 0 atom stereocenters. The van der Waals surface area contributed by atoms with Gasteiger partial charge in [0.1, 0.15) is 5.56 Å². The Morgan fingerprint density at radius 2 is 2.43 bits per heavy atom. The third kappa shape index (κ3) is 1.31. The van der Waals surface area contributed by atoms with Gasteiger partial charge < -0.3 is 16.2 Å². The number of nitrogens with two attached hydrogens (primary N) is 1. The molecule has 0 unspecified atom stereocenters. The number of fused-ring (bicyclic) bond motifs is 1. The van der Waals surface area contributed by atoms with Crippen LogP contribution in [0.3, 0.4) is 0 Å². The van der Waals surface area contributed by atoms with Gasteiger partial charge in [-0.2, -0.15) is 0 Å². The summed E-state index contributed by atoms with van der Waals surface area (Å²) >= 11 is 0. The lowest BCUT2D eigenvalue weighted by Gasteiger charge is -2.18. The predicted octanol–water partition coefficient (Wildman–Crippen LogP) is 0.00770. The van der Waals surface area contributed by atoms with Crippen LogP contribution < -0.4 is 11.1 Å². The van der Waals surface area contributed by atoms with Crippen molar-refractivity contribution in [2.75, 3.05) is 12.3 Å². The Labute approximate surface area is 81.0 Å². The van der Waals surface area contributed by atoms with Crippen molar-refractivity contribution in [2.45, 2.75) is 13.0 Å². The van der Waals surface area contributed by atoms with E-state index in [1.165, 1.54) is 6.20 Å². The first-order chi connectivity index (χ1) is 6.70. The fourth-order valence-corrected chi connectivity index (χ4v) is 1.63. The zero-order valence-corrected chi connectivity index (χ0v) is 7.58. The number of carbonyl (C=O) groups is 1. The fourth-order valence-electron chi connectivity index (χ4n) is 1.63. The quantitative estimate of drug-likeness (QED) is 0.584. The van der Waals surface area contributed by atoms with E-state index in [1.54, 1.807) is 0 Å². The molecule has 0 bridgehead atoms. The predicted molar refractivity (Wildman–Crippen MR) is 51.0 cm³/mol. The Kier molecular flexibility index (Phi) is 2.09. The summed E-state index contributed by atoms with van der Waals surface area (Å²) in [4.78, 5) is 14.8. The largest absolute Gasteiger partial charge is 0.478 e. The molecule has 0 saturated heterocycles. The van der Waals surface area contributed by atoms with E-state index < -0.39 is 5.97 Å². The van der Waals surface area contributed by atoms with Crippen molar-refractivity contribution < 1.29 is 9.90 Å². The van der Waals surface area contributed by atoms with E-state index >= 15 is 0 Å². The van der Waals surface area contributed by atoms with Crippen LogP contribution in [0.5, 0.6) is 0 Å². The van der Waals surface area contributed by atoms with Gasteiger partial charge in [0.25, 0.3) is 0 Å². The molecule has 2 rings (SSSR count). The SMILES string of the molecule is Nc1c(C(=O)O)cnc2c1CCNC2. The highest BCUT2D eigenvalue weighted by molar-refractivity contribution is 5.94. The maximum atomic E-state index is 10.8. The van der Waals surface area contributed by atoms with Crippen LogP contribution in [0.1, 0.15) is 21.6 Å². The third-order valence-corrected chi connectivity index (χ3v) is 2.39. The smallest absolute Gasteiger partial charge is 0.339 e. The first kappa shape index (κ1) is 8.96. The van der Waals surface area contributed by atoms with Crippen LogP contribution in [0, 0.1) is 0 Å². The molecule has 0 aliphatic carbocycles. The second-order valence-corrected chi connectivity index (χ2v) is 3.24. The summed E-state index contributed by atoms with van der Waals surface area (Å²) in [6.45, 7) is 1.49. The van der Waals surface area contributed by atoms with Gasteiger partial charge in [-0.15, -0.1) is 0 Å². The molecule has 4 N–H and O–H groups in total. The number of carboxylic acids is 1. The highest BCUT2D eigenvalue weighted by Crippen LogP contribution is 2.22. The second-order valence-electron chi connectivity index (χ2n) is 3.24.